The lowest BCUT2D eigenvalue weighted by atomic mass is 9.61. The van der Waals surface area contributed by atoms with Crippen molar-refractivity contribution < 1.29 is 13.8 Å². The maximum absolute atomic E-state index is 5.98. The van der Waals surface area contributed by atoms with Crippen LogP contribution in [0.4, 0.5) is 0 Å². The van der Waals surface area contributed by atoms with Crippen molar-refractivity contribution in [1.29, 1.82) is 0 Å². The van der Waals surface area contributed by atoms with Crippen molar-refractivity contribution >= 4 is 12.1 Å². The quantitative estimate of drug-likeness (QED) is 0.695. The summed E-state index contributed by atoms with van der Waals surface area (Å²) in [5.74, 6) is 0. The number of rotatable bonds is 3. The van der Waals surface area contributed by atoms with Crippen LogP contribution >= 0.6 is 0 Å². The molecule has 1 aliphatic heterocycles. The molecule has 0 amide bonds. The van der Waals surface area contributed by atoms with Gasteiger partial charge in [-0.05, 0) is 62.0 Å². The van der Waals surface area contributed by atoms with E-state index in [1.54, 1.807) is 14.2 Å². The number of hydrogen-bond donors (Lipinski definition) is 0. The summed E-state index contributed by atoms with van der Waals surface area (Å²) < 4.78 is 14.1. The Hall–Kier alpha value is -2.50. The molecule has 0 N–H and O–H groups in total. The van der Waals surface area contributed by atoms with E-state index in [4.69, 9.17) is 9.31 Å². The second-order valence-corrected chi connectivity index (χ2v) is 6.13. The van der Waals surface area contributed by atoms with Crippen LogP contribution in [-0.4, -0.2) is 25.9 Å². The monoisotopic (exact) mass is 318 g/mol. The second kappa shape index (κ2) is 5.55. The maximum Gasteiger partial charge on any atom is 0.577 e. The van der Waals surface area contributed by atoms with E-state index >= 15 is 0 Å². The average Bonchev–Trinajstić information content (AvgIpc) is 2.92. The minimum atomic E-state index is -1.80. The SMILES string of the molecule is CO[B-]1(OC)c2c(-c3ccccn3)cc(C)cc2-c2cccc[n+]21. The fourth-order valence-corrected chi connectivity index (χ4v) is 3.82. The summed E-state index contributed by atoms with van der Waals surface area (Å²) in [6.07, 6.45) is 3.83. The first-order chi connectivity index (χ1) is 11.7. The molecular weight excluding hydrogens is 299 g/mol. The Bertz CT molecular complexity index is 908. The zero-order chi connectivity index (χ0) is 16.7. The highest BCUT2D eigenvalue weighted by molar-refractivity contribution is 6.77. The third-order valence-corrected chi connectivity index (χ3v) is 4.80. The summed E-state index contributed by atoms with van der Waals surface area (Å²) in [6, 6.07) is 16.4. The topological polar surface area (TPSA) is 35.2 Å². The molecule has 0 unspecified atom stereocenters. The highest BCUT2D eigenvalue weighted by Gasteiger charge is 2.52. The van der Waals surface area contributed by atoms with Gasteiger partial charge < -0.3 is 13.8 Å². The van der Waals surface area contributed by atoms with Crippen molar-refractivity contribution in [2.75, 3.05) is 14.2 Å². The number of aromatic nitrogens is 2. The van der Waals surface area contributed by atoms with Gasteiger partial charge in [-0.3, -0.25) is 4.98 Å². The first-order valence-corrected chi connectivity index (χ1v) is 8.03. The Labute approximate surface area is 141 Å². The van der Waals surface area contributed by atoms with Gasteiger partial charge in [0.25, 0.3) is 0 Å². The van der Waals surface area contributed by atoms with Crippen LogP contribution in [0.25, 0.3) is 22.5 Å². The molecule has 0 spiro atoms. The molecule has 120 valence electrons. The summed E-state index contributed by atoms with van der Waals surface area (Å²) in [4.78, 5) is 4.55. The largest absolute Gasteiger partial charge is 0.577 e. The standard InChI is InChI=1S/C19H19BN2O2/c1-14-12-15(17-8-4-6-10-21-17)19-16(13-14)18-9-5-7-11-22(18)20(19,23-2)24-3/h4-13H,1-3H3. The zero-order valence-electron chi connectivity index (χ0n) is 14.1. The molecule has 0 atom stereocenters. The summed E-state index contributed by atoms with van der Waals surface area (Å²) in [7, 11) is 3.40. The van der Waals surface area contributed by atoms with E-state index in [2.05, 4.69) is 34.6 Å². The molecule has 0 fully saturated rings. The van der Waals surface area contributed by atoms with E-state index in [-0.39, 0.29) is 0 Å². The molecule has 0 bridgehead atoms. The molecule has 4 rings (SSSR count). The Morgan fingerprint density at radius 3 is 2.42 bits per heavy atom. The second-order valence-electron chi connectivity index (χ2n) is 6.13. The van der Waals surface area contributed by atoms with Gasteiger partial charge in [0.1, 0.15) is 6.20 Å². The highest BCUT2D eigenvalue weighted by atomic mass is 16.6. The third kappa shape index (κ3) is 1.95. The van der Waals surface area contributed by atoms with Crippen LogP contribution in [0, 0.1) is 6.92 Å². The van der Waals surface area contributed by atoms with Crippen LogP contribution in [0.3, 0.4) is 0 Å². The number of aryl methyl sites for hydroxylation is 1. The highest BCUT2D eigenvalue weighted by Crippen LogP contribution is 2.31. The van der Waals surface area contributed by atoms with Gasteiger partial charge in [-0.2, -0.15) is 0 Å². The molecule has 1 aromatic carbocycles. The van der Waals surface area contributed by atoms with Crippen LogP contribution in [-0.2, 0) is 9.31 Å². The number of benzene rings is 1. The van der Waals surface area contributed by atoms with Gasteiger partial charge in [0.15, 0.2) is 5.69 Å². The van der Waals surface area contributed by atoms with Crippen molar-refractivity contribution in [2.24, 2.45) is 0 Å². The van der Waals surface area contributed by atoms with E-state index < -0.39 is 6.69 Å². The summed E-state index contributed by atoms with van der Waals surface area (Å²) in [5, 5.41) is 0. The Morgan fingerprint density at radius 1 is 0.958 bits per heavy atom. The molecule has 0 aliphatic carbocycles. The Kier molecular flexibility index (Phi) is 3.48. The fraction of sp³-hybridized carbons (Fsp3) is 0.158. The summed E-state index contributed by atoms with van der Waals surface area (Å²) >= 11 is 0. The van der Waals surface area contributed by atoms with Gasteiger partial charge in [0.05, 0.1) is 5.69 Å². The molecule has 3 heterocycles. The molecule has 0 saturated carbocycles. The summed E-state index contributed by atoms with van der Waals surface area (Å²) in [5.41, 5.74) is 6.44. The molecule has 1 aliphatic rings. The number of nitrogens with zero attached hydrogens (tertiary/aromatic N) is 2. The minimum Gasteiger partial charge on any atom is -0.504 e. The molecule has 4 nitrogen and oxygen atoms in total. The van der Waals surface area contributed by atoms with E-state index in [9.17, 15) is 0 Å². The van der Waals surface area contributed by atoms with Gasteiger partial charge in [0.2, 0.25) is 0 Å². The fourth-order valence-electron chi connectivity index (χ4n) is 3.82. The molecule has 5 heteroatoms. The number of hydrogen-bond acceptors (Lipinski definition) is 3. The number of fused-ring (bicyclic) bond motifs is 3. The molecule has 0 saturated heterocycles. The number of pyridine rings is 2. The predicted octanol–water partition coefficient (Wildman–Crippen LogP) is 2.31. The predicted molar refractivity (Wildman–Crippen MR) is 94.8 cm³/mol. The van der Waals surface area contributed by atoms with Crippen LogP contribution in [0.15, 0.2) is 60.9 Å². The zero-order valence-corrected chi connectivity index (χ0v) is 14.1. The average molecular weight is 318 g/mol. The lowest BCUT2D eigenvalue weighted by Gasteiger charge is -2.29. The molecule has 2 aromatic heterocycles. The first kappa shape index (κ1) is 15.1. The lowest BCUT2D eigenvalue weighted by Crippen LogP contribution is -2.72. The van der Waals surface area contributed by atoms with Gasteiger partial charge in [0, 0.05) is 17.8 Å². The van der Waals surface area contributed by atoms with Gasteiger partial charge >= 0.3 is 6.69 Å². The van der Waals surface area contributed by atoms with Crippen LogP contribution in [0.2, 0.25) is 0 Å². The van der Waals surface area contributed by atoms with E-state index in [0.717, 1.165) is 28.0 Å². The first-order valence-electron chi connectivity index (χ1n) is 8.03. The third-order valence-electron chi connectivity index (χ3n) is 4.80. The lowest BCUT2D eigenvalue weighted by molar-refractivity contribution is -0.558. The Morgan fingerprint density at radius 2 is 1.71 bits per heavy atom. The van der Waals surface area contributed by atoms with Gasteiger partial charge in [-0.15, -0.1) is 0 Å². The Balaban J connectivity index is 2.12. The van der Waals surface area contributed by atoms with Crippen molar-refractivity contribution in [3.8, 4) is 22.5 Å². The molecule has 24 heavy (non-hydrogen) atoms. The van der Waals surface area contributed by atoms with Crippen LogP contribution in [0.5, 0.6) is 0 Å². The van der Waals surface area contributed by atoms with Crippen molar-refractivity contribution in [3.05, 3.63) is 66.5 Å². The van der Waals surface area contributed by atoms with Crippen molar-refractivity contribution in [1.82, 2.24) is 4.98 Å². The smallest absolute Gasteiger partial charge is 0.504 e. The van der Waals surface area contributed by atoms with Crippen molar-refractivity contribution in [3.63, 3.8) is 0 Å². The van der Waals surface area contributed by atoms with Crippen LogP contribution < -0.4 is 9.94 Å². The maximum atomic E-state index is 5.98. The van der Waals surface area contributed by atoms with Crippen LogP contribution in [0.1, 0.15) is 5.56 Å². The normalized spacial score (nSPS) is 14.3. The minimum absolute atomic E-state index is 0.922. The van der Waals surface area contributed by atoms with Gasteiger partial charge in [-0.25, -0.2) is 0 Å². The van der Waals surface area contributed by atoms with E-state index in [0.29, 0.717) is 0 Å². The molecular formula is C19H19BN2O2. The van der Waals surface area contributed by atoms with E-state index in [1.165, 1.54) is 5.56 Å². The van der Waals surface area contributed by atoms with E-state index in [1.807, 2.05) is 42.7 Å². The molecule has 3 aromatic rings. The van der Waals surface area contributed by atoms with Gasteiger partial charge in [-0.1, -0.05) is 18.2 Å². The molecule has 0 radical (unpaired) electrons. The summed E-state index contributed by atoms with van der Waals surface area (Å²) in [6.45, 7) is 0.299. The van der Waals surface area contributed by atoms with Crippen molar-refractivity contribution in [2.45, 2.75) is 6.92 Å².